The van der Waals surface area contributed by atoms with Gasteiger partial charge in [-0.2, -0.15) is 5.10 Å². The van der Waals surface area contributed by atoms with E-state index in [1.807, 2.05) is 24.3 Å². The Balaban J connectivity index is 1.62. The van der Waals surface area contributed by atoms with Gasteiger partial charge in [0.25, 0.3) is 5.69 Å². The van der Waals surface area contributed by atoms with Crippen molar-refractivity contribution in [2.45, 2.75) is 6.42 Å². The molecule has 0 aliphatic carbocycles. The number of carbonyl (C=O) groups excluding carboxylic acids is 1. The Labute approximate surface area is 173 Å². The van der Waals surface area contributed by atoms with E-state index in [4.69, 9.17) is 16.0 Å². The number of nitrogens with one attached hydrogen (secondary N) is 1. The van der Waals surface area contributed by atoms with Crippen molar-refractivity contribution >= 4 is 45.3 Å². The van der Waals surface area contributed by atoms with Crippen molar-refractivity contribution in [1.82, 2.24) is 5.43 Å². The topological polar surface area (TPSA) is 97.7 Å². The van der Waals surface area contributed by atoms with Gasteiger partial charge in [-0.05, 0) is 42.0 Å². The van der Waals surface area contributed by atoms with E-state index in [-0.39, 0.29) is 23.0 Å². The van der Waals surface area contributed by atoms with E-state index in [9.17, 15) is 14.9 Å². The van der Waals surface area contributed by atoms with Gasteiger partial charge < -0.3 is 4.42 Å². The van der Waals surface area contributed by atoms with E-state index < -0.39 is 4.92 Å². The maximum Gasteiger partial charge on any atom is 0.288 e. The third kappa shape index (κ3) is 5.05. The van der Waals surface area contributed by atoms with Gasteiger partial charge in [-0.3, -0.25) is 14.9 Å². The Bertz CT molecular complexity index is 1050. The van der Waals surface area contributed by atoms with Crippen LogP contribution < -0.4 is 5.43 Å². The summed E-state index contributed by atoms with van der Waals surface area (Å²) in [6, 6.07) is 15.1. The Morgan fingerprint density at radius 3 is 2.68 bits per heavy atom. The first-order valence-corrected chi connectivity index (χ1v) is 9.20. The van der Waals surface area contributed by atoms with Gasteiger partial charge in [0.2, 0.25) is 5.91 Å². The number of carbonyl (C=O) groups is 1. The van der Waals surface area contributed by atoms with Crippen molar-refractivity contribution in [2.75, 3.05) is 0 Å². The number of hydrazone groups is 1. The van der Waals surface area contributed by atoms with Crippen molar-refractivity contribution in [3.05, 3.63) is 85.5 Å². The molecule has 28 heavy (non-hydrogen) atoms. The highest BCUT2D eigenvalue weighted by molar-refractivity contribution is 9.10. The highest BCUT2D eigenvalue weighted by atomic mass is 79.9. The standard InChI is InChI=1S/C19H13BrClN3O4/c20-14-4-1-12(2-5-14)9-19(25)23-22-11-15-6-8-18(28-15)13-3-7-16(21)17(10-13)24(26)27/h1-8,10-11H,9H2,(H,23,25)/b22-11-. The third-order valence-electron chi connectivity index (χ3n) is 3.71. The van der Waals surface area contributed by atoms with E-state index in [0.29, 0.717) is 17.1 Å². The highest BCUT2D eigenvalue weighted by Crippen LogP contribution is 2.31. The number of benzene rings is 2. The van der Waals surface area contributed by atoms with Crippen molar-refractivity contribution in [3.8, 4) is 11.3 Å². The zero-order valence-electron chi connectivity index (χ0n) is 14.3. The molecule has 1 heterocycles. The predicted molar refractivity (Wildman–Crippen MR) is 109 cm³/mol. The van der Waals surface area contributed by atoms with Crippen molar-refractivity contribution < 1.29 is 14.1 Å². The normalized spacial score (nSPS) is 10.9. The molecule has 0 aliphatic rings. The lowest BCUT2D eigenvalue weighted by Gasteiger charge is -2.00. The van der Waals surface area contributed by atoms with Gasteiger partial charge in [0.15, 0.2) is 0 Å². The minimum absolute atomic E-state index is 0.0515. The second-order valence-corrected chi connectivity index (χ2v) is 7.04. The molecule has 0 spiro atoms. The molecule has 142 valence electrons. The molecule has 0 radical (unpaired) electrons. The fraction of sp³-hybridized carbons (Fsp3) is 0.0526. The van der Waals surface area contributed by atoms with Crippen LogP contribution in [0.25, 0.3) is 11.3 Å². The smallest absolute Gasteiger partial charge is 0.288 e. The van der Waals surface area contributed by atoms with Crippen molar-refractivity contribution in [1.29, 1.82) is 0 Å². The minimum Gasteiger partial charge on any atom is -0.455 e. The lowest BCUT2D eigenvalue weighted by molar-refractivity contribution is -0.384. The molecule has 9 heteroatoms. The lowest BCUT2D eigenvalue weighted by atomic mass is 10.1. The summed E-state index contributed by atoms with van der Waals surface area (Å²) in [5, 5.41) is 14.9. The molecule has 1 amide bonds. The van der Waals surface area contributed by atoms with E-state index in [0.717, 1.165) is 10.0 Å². The molecule has 2 aromatic carbocycles. The van der Waals surface area contributed by atoms with Gasteiger partial charge in [-0.15, -0.1) is 0 Å². The summed E-state index contributed by atoms with van der Waals surface area (Å²) in [6.07, 6.45) is 1.55. The molecule has 0 aliphatic heterocycles. The quantitative estimate of drug-likeness (QED) is 0.318. The molecule has 0 unspecified atom stereocenters. The van der Waals surface area contributed by atoms with Gasteiger partial charge in [0, 0.05) is 16.1 Å². The summed E-state index contributed by atoms with van der Waals surface area (Å²) in [7, 11) is 0. The second kappa shape index (κ2) is 8.81. The first kappa shape index (κ1) is 19.8. The molecule has 0 fully saturated rings. The van der Waals surface area contributed by atoms with Crippen LogP contribution in [0.4, 0.5) is 5.69 Å². The summed E-state index contributed by atoms with van der Waals surface area (Å²) in [5.41, 5.74) is 3.59. The van der Waals surface area contributed by atoms with Crippen LogP contribution in [0.2, 0.25) is 5.02 Å². The monoisotopic (exact) mass is 461 g/mol. The molecule has 0 saturated heterocycles. The molecular formula is C19H13BrClN3O4. The van der Waals surface area contributed by atoms with Crippen LogP contribution in [0.5, 0.6) is 0 Å². The number of nitro benzene ring substituents is 1. The molecular weight excluding hydrogens is 450 g/mol. The summed E-state index contributed by atoms with van der Waals surface area (Å²) >= 11 is 9.15. The van der Waals surface area contributed by atoms with E-state index in [1.54, 1.807) is 18.2 Å². The van der Waals surface area contributed by atoms with E-state index in [1.165, 1.54) is 18.3 Å². The molecule has 0 atom stereocenters. The summed E-state index contributed by atoms with van der Waals surface area (Å²) < 4.78 is 6.53. The van der Waals surface area contributed by atoms with Gasteiger partial charge in [0.05, 0.1) is 17.6 Å². The number of furan rings is 1. The summed E-state index contributed by atoms with van der Waals surface area (Å²) in [4.78, 5) is 22.3. The molecule has 1 N–H and O–H groups in total. The first-order chi connectivity index (χ1) is 13.4. The summed E-state index contributed by atoms with van der Waals surface area (Å²) in [5.74, 6) is 0.539. The van der Waals surface area contributed by atoms with Crippen LogP contribution in [0.3, 0.4) is 0 Å². The number of rotatable bonds is 6. The average molecular weight is 463 g/mol. The van der Waals surface area contributed by atoms with Gasteiger partial charge in [-0.1, -0.05) is 39.7 Å². The van der Waals surface area contributed by atoms with Crippen molar-refractivity contribution in [3.63, 3.8) is 0 Å². The van der Waals surface area contributed by atoms with Gasteiger partial charge >= 0.3 is 0 Å². The fourth-order valence-corrected chi connectivity index (χ4v) is 2.83. The Hall–Kier alpha value is -2.97. The highest BCUT2D eigenvalue weighted by Gasteiger charge is 2.15. The maximum absolute atomic E-state index is 11.9. The first-order valence-electron chi connectivity index (χ1n) is 8.03. The Kier molecular flexibility index (Phi) is 6.23. The number of hydrogen-bond acceptors (Lipinski definition) is 5. The molecule has 3 aromatic rings. The molecule has 3 rings (SSSR count). The summed E-state index contributed by atoms with van der Waals surface area (Å²) in [6.45, 7) is 0. The number of halogens is 2. The van der Waals surface area contributed by atoms with Crippen LogP contribution in [0.15, 0.2) is 68.6 Å². The number of nitrogens with zero attached hydrogens (tertiary/aromatic N) is 2. The van der Waals surface area contributed by atoms with E-state index >= 15 is 0 Å². The molecule has 7 nitrogen and oxygen atoms in total. The number of nitro groups is 1. The SMILES string of the molecule is O=C(Cc1ccc(Br)cc1)N/N=C\c1ccc(-c2ccc(Cl)c([N+](=O)[O-])c2)o1. The van der Waals surface area contributed by atoms with E-state index in [2.05, 4.69) is 26.5 Å². The number of amides is 1. The number of hydrogen-bond donors (Lipinski definition) is 1. The Morgan fingerprint density at radius 1 is 1.21 bits per heavy atom. The zero-order chi connectivity index (χ0) is 20.1. The Morgan fingerprint density at radius 2 is 1.96 bits per heavy atom. The van der Waals surface area contributed by atoms with Gasteiger partial charge in [0.1, 0.15) is 16.5 Å². The molecule has 0 bridgehead atoms. The third-order valence-corrected chi connectivity index (χ3v) is 4.56. The molecule has 0 saturated carbocycles. The van der Waals surface area contributed by atoms with Crippen LogP contribution >= 0.6 is 27.5 Å². The molecule has 1 aromatic heterocycles. The zero-order valence-corrected chi connectivity index (χ0v) is 16.6. The van der Waals surface area contributed by atoms with Gasteiger partial charge in [-0.25, -0.2) is 5.43 Å². The van der Waals surface area contributed by atoms with Crippen LogP contribution in [0, 0.1) is 10.1 Å². The second-order valence-electron chi connectivity index (χ2n) is 5.72. The lowest BCUT2D eigenvalue weighted by Crippen LogP contribution is -2.19. The largest absolute Gasteiger partial charge is 0.455 e. The average Bonchev–Trinajstić information content (AvgIpc) is 3.12. The van der Waals surface area contributed by atoms with Crippen LogP contribution in [-0.2, 0) is 11.2 Å². The fourth-order valence-electron chi connectivity index (χ4n) is 2.38. The van der Waals surface area contributed by atoms with Crippen LogP contribution in [-0.4, -0.2) is 17.0 Å². The minimum atomic E-state index is -0.557. The van der Waals surface area contributed by atoms with Crippen LogP contribution in [0.1, 0.15) is 11.3 Å². The maximum atomic E-state index is 11.9. The predicted octanol–water partition coefficient (Wildman–Crippen LogP) is 4.96. The van der Waals surface area contributed by atoms with Crippen molar-refractivity contribution in [2.24, 2.45) is 5.10 Å².